The van der Waals surface area contributed by atoms with Gasteiger partial charge in [0.1, 0.15) is 16.5 Å². The average molecular weight is 476 g/mol. The third-order valence-corrected chi connectivity index (χ3v) is 6.43. The first kappa shape index (κ1) is 23.7. The Morgan fingerprint density at radius 2 is 1.85 bits per heavy atom. The van der Waals surface area contributed by atoms with Crippen molar-refractivity contribution in [3.05, 3.63) is 77.9 Å². The number of thiazole rings is 1. The van der Waals surface area contributed by atoms with E-state index >= 15 is 0 Å². The van der Waals surface area contributed by atoms with Crippen LogP contribution in [0.25, 0.3) is 20.8 Å². The topological polar surface area (TPSA) is 63.7 Å². The van der Waals surface area contributed by atoms with E-state index in [0.29, 0.717) is 18.8 Å². The Morgan fingerprint density at radius 1 is 1.06 bits per heavy atom. The first-order valence-corrected chi connectivity index (χ1v) is 12.0. The highest BCUT2D eigenvalue weighted by Crippen LogP contribution is 2.33. The molecule has 7 heteroatoms. The lowest BCUT2D eigenvalue weighted by Crippen LogP contribution is -2.30. The van der Waals surface area contributed by atoms with Crippen molar-refractivity contribution in [2.75, 3.05) is 34.4 Å². The molecular formula is C27H29N3O3S. The van der Waals surface area contributed by atoms with Gasteiger partial charge in [-0.25, -0.2) is 4.98 Å². The molecule has 0 atom stereocenters. The van der Waals surface area contributed by atoms with Crippen LogP contribution in [0.2, 0.25) is 0 Å². The van der Waals surface area contributed by atoms with Crippen molar-refractivity contribution in [2.24, 2.45) is 0 Å². The number of methoxy groups -OCH3 is 1. The van der Waals surface area contributed by atoms with Gasteiger partial charge in [-0.2, -0.15) is 0 Å². The Hall–Kier alpha value is -3.42. The number of hydrogen-bond donors (Lipinski definition) is 1. The number of rotatable bonds is 10. The lowest BCUT2D eigenvalue weighted by atomic mass is 10.1. The van der Waals surface area contributed by atoms with Crippen molar-refractivity contribution in [3.63, 3.8) is 0 Å². The van der Waals surface area contributed by atoms with E-state index in [-0.39, 0.29) is 12.5 Å². The number of carbonyl (C=O) groups excluding carboxylic acids is 1. The first-order valence-electron chi connectivity index (χ1n) is 11.2. The maximum absolute atomic E-state index is 12.4. The van der Waals surface area contributed by atoms with E-state index in [9.17, 15) is 4.79 Å². The van der Waals surface area contributed by atoms with Gasteiger partial charge < -0.3 is 19.7 Å². The zero-order valence-corrected chi connectivity index (χ0v) is 20.5. The van der Waals surface area contributed by atoms with E-state index in [0.717, 1.165) is 39.4 Å². The summed E-state index contributed by atoms with van der Waals surface area (Å²) < 4.78 is 12.2. The second-order valence-corrected chi connectivity index (χ2v) is 9.31. The van der Waals surface area contributed by atoms with Crippen LogP contribution in [-0.2, 0) is 17.8 Å². The van der Waals surface area contributed by atoms with Crippen LogP contribution >= 0.6 is 11.3 Å². The van der Waals surface area contributed by atoms with Crippen LogP contribution in [-0.4, -0.2) is 50.1 Å². The molecule has 1 amide bonds. The van der Waals surface area contributed by atoms with Gasteiger partial charge in [-0.3, -0.25) is 4.79 Å². The number of nitrogens with zero attached hydrogens (tertiary/aromatic N) is 2. The molecule has 6 nitrogen and oxygen atoms in total. The molecule has 0 fully saturated rings. The van der Waals surface area contributed by atoms with E-state index in [2.05, 4.69) is 22.3 Å². The number of hydrogen-bond acceptors (Lipinski definition) is 6. The molecule has 1 heterocycles. The summed E-state index contributed by atoms with van der Waals surface area (Å²) in [5, 5.41) is 3.90. The van der Waals surface area contributed by atoms with Gasteiger partial charge >= 0.3 is 0 Å². The number of ether oxygens (including phenoxy) is 2. The van der Waals surface area contributed by atoms with Crippen LogP contribution in [0.15, 0.2) is 66.7 Å². The summed E-state index contributed by atoms with van der Waals surface area (Å²) >= 11 is 1.67. The van der Waals surface area contributed by atoms with Gasteiger partial charge in [-0.05, 0) is 68.5 Å². The van der Waals surface area contributed by atoms with Crippen molar-refractivity contribution < 1.29 is 14.3 Å². The zero-order valence-electron chi connectivity index (χ0n) is 19.7. The fourth-order valence-corrected chi connectivity index (χ4v) is 4.61. The number of aromatic nitrogens is 1. The molecular weight excluding hydrogens is 446 g/mol. The molecule has 34 heavy (non-hydrogen) atoms. The number of benzene rings is 3. The lowest BCUT2D eigenvalue weighted by Gasteiger charge is -2.16. The van der Waals surface area contributed by atoms with E-state index in [1.807, 2.05) is 68.7 Å². The fourth-order valence-electron chi connectivity index (χ4n) is 3.65. The maximum Gasteiger partial charge on any atom is 0.257 e. The minimum absolute atomic E-state index is 0.0243. The van der Waals surface area contributed by atoms with Crippen LogP contribution in [0.1, 0.15) is 11.1 Å². The largest absolute Gasteiger partial charge is 0.497 e. The smallest absolute Gasteiger partial charge is 0.257 e. The van der Waals surface area contributed by atoms with Crippen LogP contribution in [0, 0.1) is 0 Å². The van der Waals surface area contributed by atoms with Crippen LogP contribution in [0.4, 0.5) is 0 Å². The van der Waals surface area contributed by atoms with E-state index in [4.69, 9.17) is 14.5 Å². The molecule has 1 aromatic heterocycles. The molecule has 0 unspecified atom stereocenters. The predicted octanol–water partition coefficient (Wildman–Crippen LogP) is 4.77. The van der Waals surface area contributed by atoms with Gasteiger partial charge in [-0.1, -0.05) is 24.3 Å². The van der Waals surface area contributed by atoms with Gasteiger partial charge in [0.05, 0.1) is 17.3 Å². The first-order chi connectivity index (χ1) is 16.5. The third kappa shape index (κ3) is 6.12. The van der Waals surface area contributed by atoms with Crippen molar-refractivity contribution >= 4 is 27.5 Å². The van der Waals surface area contributed by atoms with Crippen LogP contribution in [0.5, 0.6) is 11.5 Å². The van der Waals surface area contributed by atoms with Crippen molar-refractivity contribution in [1.29, 1.82) is 0 Å². The number of nitrogens with one attached hydrogen (secondary N) is 1. The van der Waals surface area contributed by atoms with Crippen LogP contribution < -0.4 is 14.8 Å². The summed E-state index contributed by atoms with van der Waals surface area (Å²) in [6.45, 7) is 1.23. The van der Waals surface area contributed by atoms with Crippen molar-refractivity contribution in [2.45, 2.75) is 13.0 Å². The fraction of sp³-hybridized carbons (Fsp3) is 0.259. The Morgan fingerprint density at radius 3 is 2.59 bits per heavy atom. The summed E-state index contributed by atoms with van der Waals surface area (Å²) in [4.78, 5) is 19.2. The number of fused-ring (bicyclic) bond motifs is 1. The van der Waals surface area contributed by atoms with Gasteiger partial charge in [-0.15, -0.1) is 11.3 Å². The lowest BCUT2D eigenvalue weighted by molar-refractivity contribution is -0.123. The predicted molar refractivity (Wildman–Crippen MR) is 138 cm³/mol. The quantitative estimate of drug-likeness (QED) is 0.358. The standard InChI is InChI=1S/C27H29N3O3S/c1-30(2)17-21-16-20(27-29-23-6-4-5-7-25(23)34-27)10-13-24(21)33-18-26(31)28-15-14-19-8-11-22(32-3)12-9-19/h4-13,16H,14-15,17-18H2,1-3H3,(H,28,31). The Labute approximate surface area is 204 Å². The highest BCUT2D eigenvalue weighted by atomic mass is 32.1. The molecule has 0 aliphatic carbocycles. The van der Waals surface area contributed by atoms with Gasteiger partial charge in [0.15, 0.2) is 6.61 Å². The molecule has 176 valence electrons. The molecule has 4 rings (SSSR count). The molecule has 0 aliphatic heterocycles. The highest BCUT2D eigenvalue weighted by Gasteiger charge is 2.12. The third-order valence-electron chi connectivity index (χ3n) is 5.34. The Bertz CT molecular complexity index is 1220. The van der Waals surface area contributed by atoms with Gasteiger partial charge in [0, 0.05) is 24.2 Å². The molecule has 0 saturated carbocycles. The molecule has 0 spiro atoms. The van der Waals surface area contributed by atoms with E-state index in [1.165, 1.54) is 4.70 Å². The summed E-state index contributed by atoms with van der Waals surface area (Å²) in [7, 11) is 5.67. The van der Waals surface area contributed by atoms with E-state index < -0.39 is 0 Å². The zero-order chi connectivity index (χ0) is 23.9. The molecule has 1 N–H and O–H groups in total. The summed E-state index contributed by atoms with van der Waals surface area (Å²) in [6.07, 6.45) is 0.748. The van der Waals surface area contributed by atoms with Gasteiger partial charge in [0.25, 0.3) is 5.91 Å². The molecule has 3 aromatic carbocycles. The Balaban J connectivity index is 1.37. The molecule has 0 bridgehead atoms. The van der Waals surface area contributed by atoms with Gasteiger partial charge in [0.2, 0.25) is 0 Å². The van der Waals surface area contributed by atoms with Crippen LogP contribution in [0.3, 0.4) is 0 Å². The maximum atomic E-state index is 12.4. The monoisotopic (exact) mass is 475 g/mol. The second-order valence-electron chi connectivity index (χ2n) is 8.28. The average Bonchev–Trinajstić information content (AvgIpc) is 3.28. The molecule has 4 aromatic rings. The molecule has 0 radical (unpaired) electrons. The van der Waals surface area contributed by atoms with Crippen molar-refractivity contribution in [1.82, 2.24) is 15.2 Å². The number of para-hydroxylation sites is 1. The molecule has 0 aliphatic rings. The minimum Gasteiger partial charge on any atom is -0.497 e. The normalized spacial score (nSPS) is 11.1. The summed E-state index contributed by atoms with van der Waals surface area (Å²) in [5.41, 5.74) is 4.21. The number of amides is 1. The van der Waals surface area contributed by atoms with Crippen molar-refractivity contribution in [3.8, 4) is 22.1 Å². The highest BCUT2D eigenvalue weighted by molar-refractivity contribution is 7.21. The number of carbonyl (C=O) groups is 1. The summed E-state index contributed by atoms with van der Waals surface area (Å²) in [5.74, 6) is 1.40. The Kier molecular flexibility index (Phi) is 7.77. The molecule has 0 saturated heterocycles. The summed E-state index contributed by atoms with van der Waals surface area (Å²) in [6, 6.07) is 22.0. The minimum atomic E-state index is -0.139. The second kappa shape index (κ2) is 11.1. The van der Waals surface area contributed by atoms with E-state index in [1.54, 1.807) is 18.4 Å². The SMILES string of the molecule is COc1ccc(CCNC(=O)COc2ccc(-c3nc4ccccc4s3)cc2CN(C)C)cc1.